The maximum atomic E-state index is 11.7. The highest BCUT2D eigenvalue weighted by Gasteiger charge is 2.51. The van der Waals surface area contributed by atoms with Crippen LogP contribution in [0.5, 0.6) is 0 Å². The van der Waals surface area contributed by atoms with Gasteiger partial charge in [-0.1, -0.05) is 0 Å². The van der Waals surface area contributed by atoms with Crippen LogP contribution in [0.4, 0.5) is 0 Å². The molecule has 1 rings (SSSR count). The topological polar surface area (TPSA) is 164 Å². The predicted molar refractivity (Wildman–Crippen MR) is 92.2 cm³/mol. The van der Waals surface area contributed by atoms with Gasteiger partial charge in [0.1, 0.15) is 18.8 Å². The summed E-state index contributed by atoms with van der Waals surface area (Å²) < 4.78 is 26.5. The van der Waals surface area contributed by atoms with E-state index in [2.05, 4.69) is 5.32 Å². The minimum atomic E-state index is -1.27. The Kier molecular flexibility index (Phi) is 9.48. The fourth-order valence-electron chi connectivity index (χ4n) is 2.70. The fraction of sp³-hybridized carbons (Fsp3) is 0.706. The zero-order valence-electron chi connectivity index (χ0n) is 16.5. The Hall–Kier alpha value is -2.73. The molecule has 0 bridgehead atoms. The molecule has 0 aliphatic carbocycles. The third-order valence-electron chi connectivity index (χ3n) is 3.67. The van der Waals surface area contributed by atoms with Crippen LogP contribution in [0, 0.1) is 0 Å². The zero-order chi connectivity index (χ0) is 22.1. The number of esters is 3. The van der Waals surface area contributed by atoms with Gasteiger partial charge in [-0.05, 0) is 0 Å². The number of amides is 1. The summed E-state index contributed by atoms with van der Waals surface area (Å²) >= 11 is 0. The Morgan fingerprint density at radius 2 is 1.52 bits per heavy atom. The van der Waals surface area contributed by atoms with E-state index in [1.807, 2.05) is 0 Å². The number of rotatable bonds is 9. The van der Waals surface area contributed by atoms with Crippen molar-refractivity contribution in [2.24, 2.45) is 0 Å². The zero-order valence-corrected chi connectivity index (χ0v) is 16.5. The number of nitrogens with one attached hydrogen (secondary N) is 1. The van der Waals surface area contributed by atoms with Crippen LogP contribution in [-0.2, 0) is 47.7 Å². The monoisotopic (exact) mass is 419 g/mol. The van der Waals surface area contributed by atoms with Gasteiger partial charge in [0.25, 0.3) is 0 Å². The molecular formula is C17H25NO11. The van der Waals surface area contributed by atoms with Crippen LogP contribution in [0.25, 0.3) is 0 Å². The molecule has 1 heterocycles. The number of hydrogen-bond donors (Lipinski definition) is 2. The van der Waals surface area contributed by atoms with Crippen molar-refractivity contribution in [1.82, 2.24) is 5.32 Å². The highest BCUT2D eigenvalue weighted by atomic mass is 16.7. The van der Waals surface area contributed by atoms with Crippen molar-refractivity contribution in [3.05, 3.63) is 0 Å². The number of aliphatic carboxylic acids is 1. The first-order valence-corrected chi connectivity index (χ1v) is 8.75. The van der Waals surface area contributed by atoms with Gasteiger partial charge in [0, 0.05) is 27.7 Å². The third kappa shape index (κ3) is 8.44. The van der Waals surface area contributed by atoms with Gasteiger partial charge >= 0.3 is 23.9 Å². The molecule has 0 aromatic heterocycles. The normalized spacial score (nSPS) is 26.1. The van der Waals surface area contributed by atoms with E-state index in [4.69, 9.17) is 28.8 Å². The van der Waals surface area contributed by atoms with Gasteiger partial charge < -0.3 is 34.1 Å². The van der Waals surface area contributed by atoms with Gasteiger partial charge in [-0.25, -0.2) is 0 Å². The van der Waals surface area contributed by atoms with E-state index >= 15 is 0 Å². The van der Waals surface area contributed by atoms with Crippen molar-refractivity contribution in [1.29, 1.82) is 0 Å². The van der Waals surface area contributed by atoms with Crippen molar-refractivity contribution < 1.29 is 52.8 Å². The smallest absolute Gasteiger partial charge is 0.305 e. The molecule has 0 aromatic rings. The third-order valence-corrected chi connectivity index (χ3v) is 3.67. The van der Waals surface area contributed by atoms with Gasteiger partial charge in [0.2, 0.25) is 5.91 Å². The molecule has 1 fully saturated rings. The number of carboxylic acids is 1. The van der Waals surface area contributed by atoms with Gasteiger partial charge in [-0.3, -0.25) is 24.0 Å². The first kappa shape index (κ1) is 24.3. The molecule has 2 N–H and O–H groups in total. The molecule has 1 aliphatic rings. The van der Waals surface area contributed by atoms with Crippen LogP contribution >= 0.6 is 0 Å². The molecule has 12 heteroatoms. The minimum Gasteiger partial charge on any atom is -0.481 e. The van der Waals surface area contributed by atoms with Crippen molar-refractivity contribution in [3.8, 4) is 0 Å². The highest BCUT2D eigenvalue weighted by Crippen LogP contribution is 2.28. The lowest BCUT2D eigenvalue weighted by molar-refractivity contribution is -0.277. The van der Waals surface area contributed by atoms with E-state index < -0.39 is 60.4 Å². The average molecular weight is 419 g/mol. The molecule has 1 saturated heterocycles. The van der Waals surface area contributed by atoms with Gasteiger partial charge in [0.05, 0.1) is 13.0 Å². The quantitative estimate of drug-likeness (QED) is 0.353. The average Bonchev–Trinajstić information content (AvgIpc) is 2.56. The Morgan fingerprint density at radius 1 is 0.931 bits per heavy atom. The first-order valence-electron chi connectivity index (χ1n) is 8.75. The molecule has 2 unspecified atom stereocenters. The summed E-state index contributed by atoms with van der Waals surface area (Å²) in [6.45, 7) is 3.96. The second-order valence-electron chi connectivity index (χ2n) is 6.23. The lowest BCUT2D eigenvalue weighted by Gasteiger charge is -2.44. The van der Waals surface area contributed by atoms with Crippen LogP contribution in [0.1, 0.15) is 34.1 Å². The van der Waals surface area contributed by atoms with E-state index in [1.54, 1.807) is 0 Å². The molecule has 0 saturated carbocycles. The van der Waals surface area contributed by atoms with Crippen LogP contribution in [-0.4, -0.2) is 78.7 Å². The summed E-state index contributed by atoms with van der Waals surface area (Å²) in [5.74, 6) is -3.74. The van der Waals surface area contributed by atoms with E-state index in [9.17, 15) is 24.0 Å². The second kappa shape index (κ2) is 11.3. The van der Waals surface area contributed by atoms with Crippen LogP contribution in [0.3, 0.4) is 0 Å². The summed E-state index contributed by atoms with van der Waals surface area (Å²) in [6, 6.07) is -1.12. The Bertz CT molecular complexity index is 635. The summed E-state index contributed by atoms with van der Waals surface area (Å²) in [6.07, 6.45) is -5.20. The summed E-state index contributed by atoms with van der Waals surface area (Å²) in [5.41, 5.74) is 0. The molecular weight excluding hydrogens is 394 g/mol. The Balaban J connectivity index is 3.22. The Labute approximate surface area is 166 Å². The van der Waals surface area contributed by atoms with E-state index in [0.29, 0.717) is 0 Å². The van der Waals surface area contributed by atoms with E-state index in [1.165, 1.54) is 6.92 Å². The number of ether oxygens (including phenoxy) is 5. The molecule has 164 valence electrons. The SMILES string of the molecule is CC(=O)NC1[C@H](OCCC(=O)O)OC(COC(C)=O)[C@H](OC(C)=O)[C@@H]1OC(C)=O. The van der Waals surface area contributed by atoms with Gasteiger partial charge in [0.15, 0.2) is 18.5 Å². The van der Waals surface area contributed by atoms with Crippen LogP contribution < -0.4 is 5.32 Å². The molecule has 12 nitrogen and oxygen atoms in total. The molecule has 1 aliphatic heterocycles. The van der Waals surface area contributed by atoms with E-state index in [-0.39, 0.29) is 19.6 Å². The number of hydrogen-bond acceptors (Lipinski definition) is 10. The van der Waals surface area contributed by atoms with Crippen LogP contribution in [0.15, 0.2) is 0 Å². The van der Waals surface area contributed by atoms with Crippen molar-refractivity contribution >= 4 is 29.8 Å². The lowest BCUT2D eigenvalue weighted by Crippen LogP contribution is -2.66. The van der Waals surface area contributed by atoms with Crippen LogP contribution in [0.2, 0.25) is 0 Å². The maximum Gasteiger partial charge on any atom is 0.305 e. The van der Waals surface area contributed by atoms with Crippen molar-refractivity contribution in [3.63, 3.8) is 0 Å². The number of carbonyl (C=O) groups is 5. The molecule has 0 aromatic carbocycles. The molecule has 29 heavy (non-hydrogen) atoms. The van der Waals surface area contributed by atoms with Crippen molar-refractivity contribution in [2.45, 2.75) is 64.8 Å². The van der Waals surface area contributed by atoms with Crippen molar-refractivity contribution in [2.75, 3.05) is 13.2 Å². The maximum absolute atomic E-state index is 11.7. The summed E-state index contributed by atoms with van der Waals surface area (Å²) in [4.78, 5) is 56.8. The molecule has 0 spiro atoms. The predicted octanol–water partition coefficient (Wildman–Crippen LogP) is -0.866. The lowest BCUT2D eigenvalue weighted by atomic mass is 9.96. The first-order chi connectivity index (χ1) is 13.5. The number of carboxylic acid groups (broad SMARTS) is 1. The number of carbonyl (C=O) groups excluding carboxylic acids is 4. The molecule has 5 atom stereocenters. The highest BCUT2D eigenvalue weighted by molar-refractivity contribution is 5.73. The van der Waals surface area contributed by atoms with Gasteiger partial charge in [-0.2, -0.15) is 0 Å². The molecule has 1 amide bonds. The standard InChI is InChI=1S/C17H25NO11/c1-8(19)18-14-16(28-11(4)22)15(27-10(3)21)12(7-26-9(2)20)29-17(14)25-6-5-13(23)24/h12,14-17H,5-7H2,1-4H3,(H,18,19)(H,23,24)/t12?,14?,15-,16+,17+/m0/s1. The summed E-state index contributed by atoms with van der Waals surface area (Å²) in [5, 5.41) is 11.3. The minimum absolute atomic E-state index is 0.276. The summed E-state index contributed by atoms with van der Waals surface area (Å²) in [7, 11) is 0. The Morgan fingerprint density at radius 3 is 2.00 bits per heavy atom. The van der Waals surface area contributed by atoms with E-state index in [0.717, 1.165) is 20.8 Å². The van der Waals surface area contributed by atoms with Gasteiger partial charge in [-0.15, -0.1) is 0 Å². The fourth-order valence-corrected chi connectivity index (χ4v) is 2.70. The second-order valence-corrected chi connectivity index (χ2v) is 6.23. The largest absolute Gasteiger partial charge is 0.481 e. The molecule has 0 radical (unpaired) electrons.